The van der Waals surface area contributed by atoms with Gasteiger partial charge in [0.05, 0.1) is 5.92 Å². The summed E-state index contributed by atoms with van der Waals surface area (Å²) in [5, 5.41) is 0. The molecule has 0 unspecified atom stereocenters. The highest BCUT2D eigenvalue weighted by Crippen LogP contribution is 2.25. The Balaban J connectivity index is 2.03. The minimum Gasteiger partial charge on any atom is -0.371 e. The lowest BCUT2D eigenvalue weighted by atomic mass is 10.1. The fourth-order valence-electron chi connectivity index (χ4n) is 2.21. The third-order valence-electron chi connectivity index (χ3n) is 3.17. The van der Waals surface area contributed by atoms with Crippen LogP contribution in [0.4, 0.5) is 5.69 Å². The van der Waals surface area contributed by atoms with Gasteiger partial charge in [-0.15, -0.1) is 0 Å². The van der Waals surface area contributed by atoms with E-state index in [1.165, 1.54) is 5.69 Å². The van der Waals surface area contributed by atoms with Crippen LogP contribution < -0.4 is 4.90 Å². The number of carbonyl (C=O) groups excluding carboxylic acids is 1. The molecule has 0 aliphatic carbocycles. The first-order valence-corrected chi connectivity index (χ1v) is 6.59. The first-order valence-electron chi connectivity index (χ1n) is 5.79. The second kappa shape index (κ2) is 5.08. The van der Waals surface area contributed by atoms with Gasteiger partial charge in [0.15, 0.2) is 0 Å². The third-order valence-corrected chi connectivity index (χ3v) is 3.70. The van der Waals surface area contributed by atoms with E-state index in [9.17, 15) is 4.79 Å². The summed E-state index contributed by atoms with van der Waals surface area (Å²) in [4.78, 5) is 15.8. The molecule has 1 atom stereocenters. The van der Waals surface area contributed by atoms with Crippen molar-refractivity contribution in [2.45, 2.75) is 6.42 Å². The minimum absolute atomic E-state index is 0.147. The Morgan fingerprint density at radius 3 is 2.59 bits per heavy atom. The molecular weight excluding hydrogens is 280 g/mol. The van der Waals surface area contributed by atoms with Gasteiger partial charge in [-0.2, -0.15) is 0 Å². The second-order valence-corrected chi connectivity index (χ2v) is 5.56. The van der Waals surface area contributed by atoms with Crippen LogP contribution in [0.1, 0.15) is 6.42 Å². The van der Waals surface area contributed by atoms with E-state index in [-0.39, 0.29) is 11.8 Å². The van der Waals surface area contributed by atoms with Crippen molar-refractivity contribution in [1.82, 2.24) is 4.90 Å². The van der Waals surface area contributed by atoms with Crippen molar-refractivity contribution in [3.8, 4) is 0 Å². The molecule has 0 spiro atoms. The normalized spacial score (nSPS) is 19.5. The highest BCUT2D eigenvalue weighted by Gasteiger charge is 2.29. The number of amides is 1. The zero-order valence-corrected chi connectivity index (χ0v) is 11.8. The summed E-state index contributed by atoms with van der Waals surface area (Å²) in [6, 6.07) is 8.26. The van der Waals surface area contributed by atoms with Crippen LogP contribution in [-0.2, 0) is 4.79 Å². The van der Waals surface area contributed by atoms with E-state index in [0.29, 0.717) is 0 Å². The number of hydrogen-bond donors (Lipinski definition) is 0. The van der Waals surface area contributed by atoms with Crippen molar-refractivity contribution < 1.29 is 4.79 Å². The molecule has 1 aliphatic heterocycles. The van der Waals surface area contributed by atoms with Crippen LogP contribution in [0.3, 0.4) is 0 Å². The quantitative estimate of drug-likeness (QED) is 0.836. The van der Waals surface area contributed by atoms with Crippen LogP contribution in [0.25, 0.3) is 0 Å². The van der Waals surface area contributed by atoms with Gasteiger partial charge in [-0.1, -0.05) is 15.9 Å². The Morgan fingerprint density at radius 2 is 2.00 bits per heavy atom. The first kappa shape index (κ1) is 12.4. The number of benzene rings is 1. The summed E-state index contributed by atoms with van der Waals surface area (Å²) in [5.74, 6) is 0.387. The van der Waals surface area contributed by atoms with Gasteiger partial charge >= 0.3 is 0 Å². The van der Waals surface area contributed by atoms with Crippen molar-refractivity contribution in [2.75, 3.05) is 32.1 Å². The largest absolute Gasteiger partial charge is 0.371 e. The Bertz CT molecular complexity index is 402. The fraction of sp³-hybridized carbons (Fsp3) is 0.462. The molecule has 0 N–H and O–H groups in total. The van der Waals surface area contributed by atoms with Gasteiger partial charge in [0.25, 0.3) is 0 Å². The van der Waals surface area contributed by atoms with Gasteiger partial charge in [-0.25, -0.2) is 0 Å². The molecule has 0 bridgehead atoms. The van der Waals surface area contributed by atoms with Crippen molar-refractivity contribution in [3.63, 3.8) is 0 Å². The van der Waals surface area contributed by atoms with Crippen LogP contribution in [0.5, 0.6) is 0 Å². The van der Waals surface area contributed by atoms with E-state index in [1.54, 1.807) is 4.90 Å². The maximum absolute atomic E-state index is 11.9. The summed E-state index contributed by atoms with van der Waals surface area (Å²) in [7, 11) is 3.65. The molecule has 3 nitrogen and oxygen atoms in total. The van der Waals surface area contributed by atoms with Crippen molar-refractivity contribution in [2.24, 2.45) is 5.92 Å². The molecule has 1 heterocycles. The van der Waals surface area contributed by atoms with Gasteiger partial charge in [-0.3, -0.25) is 4.79 Å². The van der Waals surface area contributed by atoms with Crippen LogP contribution in [0, 0.1) is 5.92 Å². The van der Waals surface area contributed by atoms with E-state index in [0.717, 1.165) is 24.0 Å². The Kier molecular flexibility index (Phi) is 3.72. The number of carbonyl (C=O) groups is 1. The predicted octanol–water partition coefficient (Wildman–Crippen LogP) is 2.36. The molecular formula is C13H17BrN2O. The lowest BCUT2D eigenvalue weighted by molar-refractivity contribution is -0.132. The molecule has 0 saturated carbocycles. The monoisotopic (exact) mass is 296 g/mol. The molecule has 2 rings (SSSR count). The Labute approximate surface area is 111 Å². The van der Waals surface area contributed by atoms with Crippen LogP contribution in [0.15, 0.2) is 28.7 Å². The van der Waals surface area contributed by atoms with Crippen molar-refractivity contribution in [3.05, 3.63) is 28.7 Å². The molecule has 1 aromatic carbocycles. The molecule has 4 heteroatoms. The first-order chi connectivity index (χ1) is 8.08. The number of hydrogen-bond acceptors (Lipinski definition) is 2. The van der Waals surface area contributed by atoms with Crippen LogP contribution in [-0.4, -0.2) is 38.0 Å². The van der Waals surface area contributed by atoms with E-state index in [4.69, 9.17) is 0 Å². The van der Waals surface area contributed by atoms with Gasteiger partial charge < -0.3 is 9.80 Å². The highest BCUT2D eigenvalue weighted by atomic mass is 79.9. The number of nitrogens with zero attached hydrogens (tertiary/aromatic N) is 2. The number of halogens is 1. The highest BCUT2D eigenvalue weighted by molar-refractivity contribution is 9.10. The summed E-state index contributed by atoms with van der Waals surface area (Å²) in [5.41, 5.74) is 1.20. The average molecular weight is 297 g/mol. The van der Waals surface area contributed by atoms with Crippen LogP contribution in [0.2, 0.25) is 0 Å². The van der Waals surface area contributed by atoms with Gasteiger partial charge in [0.1, 0.15) is 0 Å². The van der Waals surface area contributed by atoms with E-state index in [2.05, 4.69) is 33.0 Å². The zero-order valence-electron chi connectivity index (χ0n) is 10.2. The molecule has 92 valence electrons. The number of anilines is 1. The average Bonchev–Trinajstić information content (AvgIpc) is 2.78. The lowest BCUT2D eigenvalue weighted by Gasteiger charge is -2.20. The van der Waals surface area contributed by atoms with Crippen LogP contribution >= 0.6 is 15.9 Å². The van der Waals surface area contributed by atoms with E-state index >= 15 is 0 Å². The predicted molar refractivity (Wildman–Crippen MR) is 73.2 cm³/mol. The van der Waals surface area contributed by atoms with Gasteiger partial charge in [-0.05, 0) is 30.7 Å². The SMILES string of the molecule is CN(C)C(=O)[C@@H]1CCN(c2ccc(Br)cc2)C1. The van der Waals surface area contributed by atoms with Gasteiger partial charge in [0.2, 0.25) is 5.91 Å². The standard InChI is InChI=1S/C13H17BrN2O/c1-15(2)13(17)10-7-8-16(9-10)12-5-3-11(14)4-6-12/h3-6,10H,7-9H2,1-2H3/t10-/m1/s1. The molecule has 1 amide bonds. The van der Waals surface area contributed by atoms with E-state index in [1.807, 2.05) is 26.2 Å². The van der Waals surface area contributed by atoms with Crippen molar-refractivity contribution >= 4 is 27.5 Å². The minimum atomic E-state index is 0.147. The molecule has 0 radical (unpaired) electrons. The van der Waals surface area contributed by atoms with Crippen molar-refractivity contribution in [1.29, 1.82) is 0 Å². The third kappa shape index (κ3) is 2.80. The molecule has 17 heavy (non-hydrogen) atoms. The lowest BCUT2D eigenvalue weighted by Crippen LogP contribution is -2.31. The Hall–Kier alpha value is -1.03. The smallest absolute Gasteiger partial charge is 0.227 e. The zero-order chi connectivity index (χ0) is 12.4. The molecule has 1 aromatic rings. The van der Waals surface area contributed by atoms with E-state index < -0.39 is 0 Å². The molecule has 1 saturated heterocycles. The van der Waals surface area contributed by atoms with Gasteiger partial charge in [0, 0.05) is 37.3 Å². The fourth-order valence-corrected chi connectivity index (χ4v) is 2.48. The maximum atomic E-state index is 11.9. The molecule has 1 fully saturated rings. The summed E-state index contributed by atoms with van der Waals surface area (Å²) < 4.78 is 1.08. The summed E-state index contributed by atoms with van der Waals surface area (Å²) >= 11 is 3.43. The molecule has 0 aromatic heterocycles. The maximum Gasteiger partial charge on any atom is 0.227 e. The Morgan fingerprint density at radius 1 is 1.35 bits per heavy atom. The summed E-state index contributed by atoms with van der Waals surface area (Å²) in [6.07, 6.45) is 0.951. The topological polar surface area (TPSA) is 23.6 Å². The molecule has 1 aliphatic rings. The summed E-state index contributed by atoms with van der Waals surface area (Å²) in [6.45, 7) is 1.80. The second-order valence-electron chi connectivity index (χ2n) is 4.64. The number of rotatable bonds is 2.